The second-order valence-corrected chi connectivity index (χ2v) is 4.19. The summed E-state index contributed by atoms with van der Waals surface area (Å²) < 4.78 is 5.20. The van der Waals surface area contributed by atoms with Gasteiger partial charge in [-0.15, -0.1) is 0 Å². The number of carbonyl (C=O) groups excluding carboxylic acids is 1. The number of carboxylic acids is 1. The van der Waals surface area contributed by atoms with Gasteiger partial charge in [-0.25, -0.2) is 4.79 Å². The van der Waals surface area contributed by atoms with E-state index in [4.69, 9.17) is 15.6 Å². The molecule has 18 heavy (non-hydrogen) atoms. The highest BCUT2D eigenvalue weighted by molar-refractivity contribution is 5.91. The quantitative estimate of drug-likeness (QED) is 0.665. The van der Waals surface area contributed by atoms with Crippen LogP contribution >= 0.6 is 0 Å². The van der Waals surface area contributed by atoms with E-state index in [9.17, 15) is 9.59 Å². The SMILES string of the molecule is Nc1ccc(C(=O)O)c(OCC(=O)NC2CC2)c1. The lowest BCUT2D eigenvalue weighted by Gasteiger charge is -2.09. The molecule has 1 aliphatic rings. The van der Waals surface area contributed by atoms with Gasteiger partial charge >= 0.3 is 5.97 Å². The largest absolute Gasteiger partial charge is 0.483 e. The van der Waals surface area contributed by atoms with Crippen LogP contribution < -0.4 is 15.8 Å². The van der Waals surface area contributed by atoms with Crippen LogP contribution in [0.3, 0.4) is 0 Å². The minimum absolute atomic E-state index is 0.0107. The molecule has 0 unspecified atom stereocenters. The highest BCUT2D eigenvalue weighted by atomic mass is 16.5. The molecule has 0 aromatic heterocycles. The van der Waals surface area contributed by atoms with Gasteiger partial charge in [0, 0.05) is 17.8 Å². The van der Waals surface area contributed by atoms with Gasteiger partial charge in [-0.3, -0.25) is 4.79 Å². The normalized spacial score (nSPS) is 14.0. The molecule has 2 rings (SSSR count). The lowest BCUT2D eigenvalue weighted by atomic mass is 10.2. The summed E-state index contributed by atoms with van der Waals surface area (Å²) in [5, 5.41) is 11.7. The minimum atomic E-state index is -1.12. The van der Waals surface area contributed by atoms with Crippen molar-refractivity contribution in [2.75, 3.05) is 12.3 Å². The Bertz CT molecular complexity index is 483. The minimum Gasteiger partial charge on any atom is -0.483 e. The number of aromatic carboxylic acids is 1. The first-order chi connectivity index (χ1) is 8.56. The summed E-state index contributed by atoms with van der Waals surface area (Å²) in [5.41, 5.74) is 5.93. The Morgan fingerprint density at radius 2 is 2.17 bits per heavy atom. The summed E-state index contributed by atoms with van der Waals surface area (Å²) in [5.74, 6) is -1.27. The maximum atomic E-state index is 11.4. The molecule has 1 aromatic rings. The molecule has 1 fully saturated rings. The van der Waals surface area contributed by atoms with Gasteiger partial charge < -0.3 is 20.9 Å². The third-order valence-corrected chi connectivity index (χ3v) is 2.54. The third kappa shape index (κ3) is 3.13. The van der Waals surface area contributed by atoms with Crippen LogP contribution in [0.4, 0.5) is 5.69 Å². The van der Waals surface area contributed by atoms with Gasteiger partial charge in [-0.2, -0.15) is 0 Å². The molecule has 6 nitrogen and oxygen atoms in total. The van der Waals surface area contributed by atoms with E-state index in [1.807, 2.05) is 0 Å². The van der Waals surface area contributed by atoms with Gasteiger partial charge in [0.15, 0.2) is 6.61 Å². The first-order valence-electron chi connectivity index (χ1n) is 5.61. The Morgan fingerprint density at radius 3 is 2.78 bits per heavy atom. The number of carbonyl (C=O) groups is 2. The number of nitrogens with two attached hydrogens (primary N) is 1. The van der Waals surface area contributed by atoms with Crippen molar-refractivity contribution in [3.05, 3.63) is 23.8 Å². The second-order valence-electron chi connectivity index (χ2n) is 4.19. The van der Waals surface area contributed by atoms with Crippen LogP contribution in [-0.2, 0) is 4.79 Å². The average molecular weight is 250 g/mol. The number of benzene rings is 1. The molecule has 0 bridgehead atoms. The lowest BCUT2D eigenvalue weighted by Crippen LogP contribution is -2.30. The Labute approximate surface area is 104 Å². The summed E-state index contributed by atoms with van der Waals surface area (Å²) in [4.78, 5) is 22.4. The summed E-state index contributed by atoms with van der Waals surface area (Å²) >= 11 is 0. The summed E-state index contributed by atoms with van der Waals surface area (Å²) in [7, 11) is 0. The Hall–Kier alpha value is -2.24. The van der Waals surface area contributed by atoms with Gasteiger partial charge in [0.25, 0.3) is 5.91 Å². The van der Waals surface area contributed by atoms with Crippen molar-refractivity contribution in [1.82, 2.24) is 5.32 Å². The van der Waals surface area contributed by atoms with Crippen molar-refractivity contribution in [2.24, 2.45) is 0 Å². The zero-order valence-electron chi connectivity index (χ0n) is 9.68. The highest BCUT2D eigenvalue weighted by Gasteiger charge is 2.23. The molecule has 6 heteroatoms. The molecule has 1 saturated carbocycles. The van der Waals surface area contributed by atoms with Gasteiger partial charge in [-0.1, -0.05) is 0 Å². The summed E-state index contributed by atoms with van der Waals surface area (Å²) in [6.45, 7) is -0.208. The first kappa shape index (κ1) is 12.2. The molecule has 4 N–H and O–H groups in total. The van der Waals surface area contributed by atoms with Crippen LogP contribution in [-0.4, -0.2) is 29.6 Å². The fraction of sp³-hybridized carbons (Fsp3) is 0.333. The van der Waals surface area contributed by atoms with E-state index in [0.717, 1.165) is 12.8 Å². The van der Waals surface area contributed by atoms with E-state index < -0.39 is 5.97 Å². The molecule has 0 radical (unpaired) electrons. The topological polar surface area (TPSA) is 102 Å². The smallest absolute Gasteiger partial charge is 0.339 e. The van der Waals surface area contributed by atoms with E-state index in [0.29, 0.717) is 5.69 Å². The molecular formula is C12H14N2O4. The zero-order chi connectivity index (χ0) is 13.1. The molecule has 1 aliphatic carbocycles. The van der Waals surface area contributed by atoms with Crippen LogP contribution in [0.25, 0.3) is 0 Å². The van der Waals surface area contributed by atoms with E-state index in [-0.39, 0.29) is 29.9 Å². The van der Waals surface area contributed by atoms with Gasteiger partial charge in [0.1, 0.15) is 11.3 Å². The number of rotatable bonds is 5. The molecule has 0 aliphatic heterocycles. The second kappa shape index (κ2) is 4.95. The van der Waals surface area contributed by atoms with Gasteiger partial charge in [-0.05, 0) is 25.0 Å². The van der Waals surface area contributed by atoms with Gasteiger partial charge in [0.2, 0.25) is 0 Å². The van der Waals surface area contributed by atoms with Crippen LogP contribution in [0.5, 0.6) is 5.75 Å². The van der Waals surface area contributed by atoms with Crippen LogP contribution in [0.15, 0.2) is 18.2 Å². The molecule has 1 amide bonds. The van der Waals surface area contributed by atoms with Crippen molar-refractivity contribution in [1.29, 1.82) is 0 Å². The number of carboxylic acid groups (broad SMARTS) is 1. The van der Waals surface area contributed by atoms with Gasteiger partial charge in [0.05, 0.1) is 0 Å². The molecule has 0 spiro atoms. The number of nitrogens with one attached hydrogen (secondary N) is 1. The molecular weight excluding hydrogens is 236 g/mol. The zero-order valence-corrected chi connectivity index (χ0v) is 9.68. The fourth-order valence-electron chi connectivity index (χ4n) is 1.48. The van der Waals surface area contributed by atoms with E-state index in [1.165, 1.54) is 18.2 Å². The maximum absolute atomic E-state index is 11.4. The third-order valence-electron chi connectivity index (χ3n) is 2.54. The van der Waals surface area contributed by atoms with Crippen molar-refractivity contribution in [2.45, 2.75) is 18.9 Å². The molecule has 0 saturated heterocycles. The Morgan fingerprint density at radius 1 is 1.44 bits per heavy atom. The van der Waals surface area contributed by atoms with Crippen molar-refractivity contribution >= 4 is 17.6 Å². The molecule has 0 atom stereocenters. The Balaban J connectivity index is 2.00. The summed E-state index contributed by atoms with van der Waals surface area (Å²) in [6.07, 6.45) is 1.98. The number of ether oxygens (including phenoxy) is 1. The Kier molecular flexibility index (Phi) is 3.36. The van der Waals surface area contributed by atoms with Crippen LogP contribution in [0.2, 0.25) is 0 Å². The highest BCUT2D eigenvalue weighted by Crippen LogP contribution is 2.22. The van der Waals surface area contributed by atoms with Crippen molar-refractivity contribution in [3.8, 4) is 5.75 Å². The fourth-order valence-corrected chi connectivity index (χ4v) is 1.48. The van der Waals surface area contributed by atoms with E-state index >= 15 is 0 Å². The van der Waals surface area contributed by atoms with Crippen molar-refractivity contribution < 1.29 is 19.4 Å². The number of hydrogen-bond donors (Lipinski definition) is 3. The van der Waals surface area contributed by atoms with Crippen LogP contribution in [0, 0.1) is 0 Å². The van der Waals surface area contributed by atoms with E-state index in [2.05, 4.69) is 5.32 Å². The number of amides is 1. The van der Waals surface area contributed by atoms with Crippen LogP contribution in [0.1, 0.15) is 23.2 Å². The average Bonchev–Trinajstić information content (AvgIpc) is 3.10. The number of hydrogen-bond acceptors (Lipinski definition) is 4. The maximum Gasteiger partial charge on any atom is 0.339 e. The van der Waals surface area contributed by atoms with Crippen molar-refractivity contribution in [3.63, 3.8) is 0 Å². The van der Waals surface area contributed by atoms with E-state index in [1.54, 1.807) is 0 Å². The predicted octanol–water partition coefficient (Wildman–Crippen LogP) is 0.624. The lowest BCUT2D eigenvalue weighted by molar-refractivity contribution is -0.123. The molecule has 1 aromatic carbocycles. The molecule has 96 valence electrons. The number of anilines is 1. The molecule has 0 heterocycles. The number of nitrogen functional groups attached to an aromatic ring is 1. The monoisotopic (exact) mass is 250 g/mol. The summed E-state index contributed by atoms with van der Waals surface area (Å²) in [6, 6.07) is 4.47. The first-order valence-corrected chi connectivity index (χ1v) is 5.61. The standard InChI is InChI=1S/C12H14N2O4/c13-7-1-4-9(12(16)17)10(5-7)18-6-11(15)14-8-2-3-8/h1,4-5,8H,2-3,6,13H2,(H,14,15)(H,16,17). The predicted molar refractivity (Wildman–Crippen MR) is 64.5 cm³/mol.